The lowest BCUT2D eigenvalue weighted by molar-refractivity contribution is -0.119. The molecule has 2 saturated carbocycles. The lowest BCUT2D eigenvalue weighted by Crippen LogP contribution is -2.38. The summed E-state index contributed by atoms with van der Waals surface area (Å²) in [5.74, 6) is 5.97. The van der Waals surface area contributed by atoms with Gasteiger partial charge in [0, 0.05) is 51.2 Å². The zero-order valence-corrected chi connectivity index (χ0v) is 21.8. The number of anilines is 1. The average molecular weight is 539 g/mol. The molecule has 198 valence electrons. The minimum Gasteiger partial charge on any atom is -0.326 e. The van der Waals surface area contributed by atoms with E-state index in [9.17, 15) is 27.6 Å². The van der Waals surface area contributed by atoms with Crippen LogP contribution in [-0.4, -0.2) is 45.0 Å². The Balaban J connectivity index is 1.53. The highest BCUT2D eigenvalue weighted by Gasteiger charge is 2.31. The second-order valence-corrected chi connectivity index (χ2v) is 11.8. The van der Waals surface area contributed by atoms with Gasteiger partial charge in [0.2, 0.25) is 20.9 Å². The highest BCUT2D eigenvalue weighted by Crippen LogP contribution is 2.32. The summed E-state index contributed by atoms with van der Waals surface area (Å²) in [4.78, 5) is 54.5. The van der Waals surface area contributed by atoms with Crippen LogP contribution in [0.2, 0.25) is 0 Å². The molecule has 0 radical (unpaired) electrons. The number of imidazole rings is 1. The lowest BCUT2D eigenvalue weighted by atomic mass is 10.0. The van der Waals surface area contributed by atoms with Crippen LogP contribution in [0.25, 0.3) is 11.2 Å². The Morgan fingerprint density at radius 3 is 2.47 bits per heavy atom. The Bertz CT molecular complexity index is 1770. The summed E-state index contributed by atoms with van der Waals surface area (Å²) in [5.41, 5.74) is -0.0870. The van der Waals surface area contributed by atoms with Gasteiger partial charge in [0.15, 0.2) is 11.2 Å². The average Bonchev–Trinajstić information content (AvgIpc) is 3.79. The van der Waals surface area contributed by atoms with Crippen LogP contribution < -0.4 is 16.6 Å². The van der Waals surface area contributed by atoms with Gasteiger partial charge in [-0.15, -0.1) is 0 Å². The van der Waals surface area contributed by atoms with Gasteiger partial charge in [0.1, 0.15) is 5.78 Å². The van der Waals surface area contributed by atoms with E-state index >= 15 is 0 Å². The van der Waals surface area contributed by atoms with E-state index in [4.69, 9.17) is 1.37 Å². The molecule has 38 heavy (non-hydrogen) atoms. The molecule has 0 bridgehead atoms. The number of fused-ring (bicyclic) bond motifs is 1. The lowest BCUT2D eigenvalue weighted by Gasteiger charge is -2.09. The molecule has 2 aliphatic carbocycles. The molecule has 1 N–H and O–H groups in total. The van der Waals surface area contributed by atoms with E-state index in [1.54, 1.807) is 18.2 Å². The Hall–Kier alpha value is -3.98. The molecular formula is C26H27N5O6S. The molecule has 3 aromatic rings. The summed E-state index contributed by atoms with van der Waals surface area (Å²) in [7, 11) is -3.22. The van der Waals surface area contributed by atoms with Gasteiger partial charge in [0.05, 0.1) is 6.54 Å². The summed E-state index contributed by atoms with van der Waals surface area (Å²) in [6, 6.07) is 5.22. The molecule has 2 heterocycles. The number of nitrogens with one attached hydrogen (secondary N) is 1. The van der Waals surface area contributed by atoms with Crippen LogP contribution in [0.1, 0.15) is 38.2 Å². The van der Waals surface area contributed by atoms with Crippen LogP contribution in [-0.2, 0) is 46.5 Å². The second-order valence-electron chi connectivity index (χ2n) is 9.90. The molecule has 0 spiro atoms. The third kappa shape index (κ3) is 5.06. The number of hydrogen-bond donors (Lipinski definition) is 1. The third-order valence-electron chi connectivity index (χ3n) is 6.62. The van der Waals surface area contributed by atoms with Gasteiger partial charge < -0.3 is 9.88 Å². The number of rotatable bonds is 7. The minimum atomic E-state index is -3.89. The summed E-state index contributed by atoms with van der Waals surface area (Å²) in [5, 5.41) is 2.40. The van der Waals surface area contributed by atoms with Crippen LogP contribution >= 0.6 is 0 Å². The molecule has 0 saturated heterocycles. The molecule has 0 unspecified atom stereocenters. The number of hydrogen-bond acceptors (Lipinski definition) is 7. The number of Topliss-reactive ketones (excluding diaryl/α,β-unsaturated/α-hetero) is 1. The van der Waals surface area contributed by atoms with E-state index in [2.05, 4.69) is 22.1 Å². The van der Waals surface area contributed by atoms with Crippen molar-refractivity contribution >= 4 is 38.4 Å². The van der Waals surface area contributed by atoms with E-state index in [1.165, 1.54) is 7.05 Å². The first-order chi connectivity index (χ1) is 18.5. The molecular weight excluding hydrogens is 510 g/mol. The maximum Gasteiger partial charge on any atom is 0.333 e. The molecule has 1 amide bonds. The van der Waals surface area contributed by atoms with E-state index in [-0.39, 0.29) is 47.7 Å². The number of carbonyl (C=O) groups excluding carboxylic acids is 2. The van der Waals surface area contributed by atoms with Crippen molar-refractivity contribution in [2.24, 2.45) is 25.9 Å². The van der Waals surface area contributed by atoms with Crippen molar-refractivity contribution < 1.29 is 19.4 Å². The van der Waals surface area contributed by atoms with Gasteiger partial charge in [-0.1, -0.05) is 11.8 Å². The highest BCUT2D eigenvalue weighted by molar-refractivity contribution is 7.90. The normalized spacial score (nSPS) is 15.6. The topological polar surface area (TPSA) is 142 Å². The fourth-order valence-electron chi connectivity index (χ4n) is 4.26. The van der Waals surface area contributed by atoms with Crippen molar-refractivity contribution in [2.75, 3.05) is 11.6 Å². The standard InChI is InChI=1S/C26H27N5O6S/c1-29-21-22(28-25(29)38(3,36)37)31(26(35)30(2)24(21)34)10-4-5-15-11-16(14-20(32)17-6-7-17)13-19(12-15)27-23(33)18-8-9-18/h11-13,17-18H,6-10,14H2,1-3H3,(H,27,33)/i1D. The maximum atomic E-state index is 12.9. The van der Waals surface area contributed by atoms with Crippen molar-refractivity contribution in [1.29, 1.82) is 0 Å². The zero-order chi connectivity index (χ0) is 28.1. The number of aromatic nitrogens is 4. The van der Waals surface area contributed by atoms with Crippen LogP contribution in [0.5, 0.6) is 0 Å². The number of nitrogens with zero attached hydrogens (tertiary/aromatic N) is 4. The molecule has 1 aromatic carbocycles. The van der Waals surface area contributed by atoms with Crippen molar-refractivity contribution in [3.05, 3.63) is 50.2 Å². The van der Waals surface area contributed by atoms with Gasteiger partial charge in [-0.2, -0.15) is 4.98 Å². The molecule has 2 aliphatic rings. The van der Waals surface area contributed by atoms with Crippen molar-refractivity contribution in [3.63, 3.8) is 0 Å². The number of aryl methyl sites for hydroxylation is 1. The fourth-order valence-corrected chi connectivity index (χ4v) is 5.01. The largest absolute Gasteiger partial charge is 0.333 e. The van der Waals surface area contributed by atoms with E-state index < -0.39 is 33.3 Å². The highest BCUT2D eigenvalue weighted by atomic mass is 32.2. The van der Waals surface area contributed by atoms with Gasteiger partial charge in [-0.05, 0) is 49.4 Å². The molecule has 5 rings (SSSR count). The molecule has 2 fully saturated rings. The summed E-state index contributed by atoms with van der Waals surface area (Å²) >= 11 is 0. The summed E-state index contributed by atoms with van der Waals surface area (Å²) in [6.07, 6.45) is 4.61. The summed E-state index contributed by atoms with van der Waals surface area (Å²) in [6.45, 7) is -0.226. The van der Waals surface area contributed by atoms with Gasteiger partial charge >= 0.3 is 5.69 Å². The van der Waals surface area contributed by atoms with E-state index in [1.807, 2.05) is 0 Å². The Labute approximate surface area is 219 Å². The quantitative estimate of drug-likeness (QED) is 0.438. The van der Waals surface area contributed by atoms with Gasteiger partial charge in [0.25, 0.3) is 5.56 Å². The molecule has 2 aromatic heterocycles. The molecule has 11 nitrogen and oxygen atoms in total. The number of benzene rings is 1. The van der Waals surface area contributed by atoms with Crippen molar-refractivity contribution in [2.45, 2.75) is 43.8 Å². The van der Waals surface area contributed by atoms with Crippen molar-refractivity contribution in [1.82, 2.24) is 18.7 Å². The van der Waals surface area contributed by atoms with Crippen LogP contribution in [0.15, 0.2) is 32.9 Å². The monoisotopic (exact) mass is 538 g/mol. The van der Waals surface area contributed by atoms with E-state index in [0.29, 0.717) is 11.3 Å². The number of sulfone groups is 1. The van der Waals surface area contributed by atoms with Crippen LogP contribution in [0.3, 0.4) is 0 Å². The molecule has 0 atom stereocenters. The predicted molar refractivity (Wildman–Crippen MR) is 139 cm³/mol. The minimum absolute atomic E-state index is 0.00403. The SMILES string of the molecule is [2H]Cn1c(S(C)(=O)=O)nc2c1c(=O)n(C)c(=O)n2CC#Cc1cc(CC(=O)C2CC2)cc(NC(=O)C2CC2)c1. The predicted octanol–water partition coefficient (Wildman–Crippen LogP) is 0.759. The zero-order valence-electron chi connectivity index (χ0n) is 22.0. The first-order valence-corrected chi connectivity index (χ1v) is 14.0. The third-order valence-corrected chi connectivity index (χ3v) is 7.59. The fraction of sp³-hybridized carbons (Fsp3) is 0.423. The van der Waals surface area contributed by atoms with Crippen molar-refractivity contribution in [3.8, 4) is 11.8 Å². The Morgan fingerprint density at radius 2 is 1.84 bits per heavy atom. The Morgan fingerprint density at radius 1 is 1.13 bits per heavy atom. The number of ketones is 1. The molecule has 12 heteroatoms. The molecule has 0 aliphatic heterocycles. The van der Waals surface area contributed by atoms with Crippen LogP contribution in [0, 0.1) is 23.7 Å². The number of amides is 1. The van der Waals surface area contributed by atoms with Crippen LogP contribution in [0.4, 0.5) is 5.69 Å². The second kappa shape index (κ2) is 9.40. The number of carbonyl (C=O) groups is 2. The first-order valence-electron chi connectivity index (χ1n) is 12.8. The smallest absolute Gasteiger partial charge is 0.326 e. The first kappa shape index (κ1) is 24.4. The maximum absolute atomic E-state index is 12.9. The Kier molecular flexibility index (Phi) is 6.03. The van der Waals surface area contributed by atoms with Gasteiger partial charge in [-0.25, -0.2) is 13.2 Å². The van der Waals surface area contributed by atoms with Gasteiger partial charge in [-0.3, -0.25) is 23.5 Å². The van der Waals surface area contributed by atoms with E-state index in [0.717, 1.165) is 51.2 Å². The summed E-state index contributed by atoms with van der Waals surface area (Å²) < 4.78 is 35.1.